The fourth-order valence-electron chi connectivity index (χ4n) is 1.80. The Morgan fingerprint density at radius 1 is 1.64 bits per heavy atom. The van der Waals surface area contributed by atoms with Gasteiger partial charge in [-0.2, -0.15) is 0 Å². The molecule has 0 aromatic heterocycles. The summed E-state index contributed by atoms with van der Waals surface area (Å²) in [6.07, 6.45) is 1.61. The van der Waals surface area contributed by atoms with Crippen LogP contribution in [-0.2, 0) is 4.79 Å². The van der Waals surface area contributed by atoms with Gasteiger partial charge in [0.05, 0.1) is 0 Å². The smallest absolute Gasteiger partial charge is 0.238 e. The molecular weight excluding hydrogens is 180 g/mol. The molecule has 82 valence electrons. The third kappa shape index (κ3) is 2.25. The molecular formula is C10H20N2O2. The molecule has 0 aromatic rings. The molecule has 4 nitrogen and oxygen atoms in total. The fraction of sp³-hybridized carbons (Fsp3) is 0.900. The van der Waals surface area contributed by atoms with Crippen molar-refractivity contribution in [1.29, 1.82) is 0 Å². The summed E-state index contributed by atoms with van der Waals surface area (Å²) in [6.45, 7) is 4.80. The van der Waals surface area contributed by atoms with Crippen molar-refractivity contribution in [2.75, 3.05) is 20.2 Å². The highest BCUT2D eigenvalue weighted by molar-refractivity contribution is 5.78. The lowest BCUT2D eigenvalue weighted by Crippen LogP contribution is -2.42. The quantitative estimate of drug-likeness (QED) is 0.717. The van der Waals surface area contributed by atoms with Crippen LogP contribution in [0.25, 0.3) is 0 Å². The summed E-state index contributed by atoms with van der Waals surface area (Å²) in [5.74, 6) is 0.330. The normalized spacial score (nSPS) is 25.9. The molecule has 14 heavy (non-hydrogen) atoms. The molecule has 1 N–H and O–H groups in total. The van der Waals surface area contributed by atoms with E-state index in [1.165, 1.54) is 0 Å². The minimum absolute atomic E-state index is 0.133. The molecule has 1 fully saturated rings. The minimum atomic E-state index is 0.133. The molecule has 1 aliphatic rings. The number of hydrazine groups is 1. The van der Waals surface area contributed by atoms with E-state index in [2.05, 4.69) is 6.92 Å². The number of carbonyl (C=O) groups excluding carboxylic acids is 1. The van der Waals surface area contributed by atoms with E-state index in [9.17, 15) is 4.79 Å². The Balaban J connectivity index is 2.56. The molecule has 0 radical (unpaired) electrons. The van der Waals surface area contributed by atoms with Gasteiger partial charge in [0.25, 0.3) is 0 Å². The van der Waals surface area contributed by atoms with Gasteiger partial charge < -0.3 is 5.11 Å². The largest absolute Gasteiger partial charge is 0.396 e. The van der Waals surface area contributed by atoms with Crippen LogP contribution in [0.3, 0.4) is 0 Å². The summed E-state index contributed by atoms with van der Waals surface area (Å²) >= 11 is 0. The molecule has 0 aromatic carbocycles. The van der Waals surface area contributed by atoms with Gasteiger partial charge in [-0.3, -0.25) is 9.80 Å². The number of nitrogens with zero attached hydrogens (tertiary/aromatic N) is 2. The van der Waals surface area contributed by atoms with Crippen molar-refractivity contribution in [1.82, 2.24) is 10.0 Å². The molecule has 1 rings (SSSR count). The van der Waals surface area contributed by atoms with Crippen LogP contribution in [0.15, 0.2) is 0 Å². The Hall–Kier alpha value is -0.610. The number of rotatable bonds is 4. The highest BCUT2D eigenvalue weighted by atomic mass is 16.3. The monoisotopic (exact) mass is 200 g/mol. The Bertz CT molecular complexity index is 208. The van der Waals surface area contributed by atoms with Crippen LogP contribution in [-0.4, -0.2) is 47.3 Å². The van der Waals surface area contributed by atoms with Crippen LogP contribution in [0.5, 0.6) is 0 Å². The first kappa shape index (κ1) is 11.5. The summed E-state index contributed by atoms with van der Waals surface area (Å²) in [6, 6.07) is 0.341. The molecule has 1 amide bonds. The van der Waals surface area contributed by atoms with Gasteiger partial charge in [0.1, 0.15) is 0 Å². The molecule has 2 atom stereocenters. The van der Waals surface area contributed by atoms with E-state index < -0.39 is 0 Å². The zero-order chi connectivity index (χ0) is 10.7. The minimum Gasteiger partial charge on any atom is -0.396 e. The van der Waals surface area contributed by atoms with Gasteiger partial charge in [-0.15, -0.1) is 0 Å². The summed E-state index contributed by atoms with van der Waals surface area (Å²) < 4.78 is 0. The third-order valence-corrected chi connectivity index (χ3v) is 2.87. The SMILES string of the molecule is CCC1CC(=O)N(CC(C)CO)N1C. The topological polar surface area (TPSA) is 43.8 Å². The molecule has 1 saturated heterocycles. The highest BCUT2D eigenvalue weighted by Crippen LogP contribution is 2.21. The molecule has 2 unspecified atom stereocenters. The zero-order valence-corrected chi connectivity index (χ0v) is 9.23. The van der Waals surface area contributed by atoms with Crippen molar-refractivity contribution in [3.63, 3.8) is 0 Å². The maximum absolute atomic E-state index is 11.6. The van der Waals surface area contributed by atoms with Crippen LogP contribution in [0.4, 0.5) is 0 Å². The summed E-state index contributed by atoms with van der Waals surface area (Å²) in [5, 5.41) is 12.7. The molecule has 4 heteroatoms. The summed E-state index contributed by atoms with van der Waals surface area (Å²) in [5.41, 5.74) is 0. The number of aliphatic hydroxyl groups is 1. The van der Waals surface area contributed by atoms with Gasteiger partial charge in [0, 0.05) is 32.7 Å². The van der Waals surface area contributed by atoms with Crippen molar-refractivity contribution in [2.45, 2.75) is 32.7 Å². The summed E-state index contributed by atoms with van der Waals surface area (Å²) in [7, 11) is 1.95. The van der Waals surface area contributed by atoms with Crippen LogP contribution in [0, 0.1) is 5.92 Å². The van der Waals surface area contributed by atoms with Crippen molar-refractivity contribution >= 4 is 5.91 Å². The predicted octanol–water partition coefficient (Wildman–Crippen LogP) is 0.472. The maximum Gasteiger partial charge on any atom is 0.238 e. The van der Waals surface area contributed by atoms with Crippen LogP contribution >= 0.6 is 0 Å². The lowest BCUT2D eigenvalue weighted by atomic mass is 10.2. The van der Waals surface area contributed by atoms with Crippen molar-refractivity contribution in [3.8, 4) is 0 Å². The number of aliphatic hydroxyl groups excluding tert-OH is 1. The standard InChI is InChI=1S/C10H20N2O2/c1-4-9-5-10(14)12(11(9)3)6-8(2)7-13/h8-9,13H,4-7H2,1-3H3. The third-order valence-electron chi connectivity index (χ3n) is 2.87. The van der Waals surface area contributed by atoms with Crippen molar-refractivity contribution in [3.05, 3.63) is 0 Å². The number of hydrogen-bond donors (Lipinski definition) is 1. The maximum atomic E-state index is 11.6. The predicted molar refractivity (Wildman–Crippen MR) is 54.4 cm³/mol. The zero-order valence-electron chi connectivity index (χ0n) is 9.23. The van der Waals surface area contributed by atoms with Gasteiger partial charge in [-0.05, 0) is 12.3 Å². The molecule has 0 spiro atoms. The Morgan fingerprint density at radius 2 is 2.29 bits per heavy atom. The van der Waals surface area contributed by atoms with Crippen LogP contribution in [0.2, 0.25) is 0 Å². The van der Waals surface area contributed by atoms with Gasteiger partial charge >= 0.3 is 0 Å². The Kier molecular flexibility index (Phi) is 3.89. The van der Waals surface area contributed by atoms with E-state index in [-0.39, 0.29) is 18.4 Å². The molecule has 0 aliphatic carbocycles. The summed E-state index contributed by atoms with van der Waals surface area (Å²) in [4.78, 5) is 11.6. The fourth-order valence-corrected chi connectivity index (χ4v) is 1.80. The van der Waals surface area contributed by atoms with E-state index >= 15 is 0 Å². The van der Waals surface area contributed by atoms with Gasteiger partial charge in [-0.1, -0.05) is 13.8 Å². The van der Waals surface area contributed by atoms with Crippen molar-refractivity contribution in [2.24, 2.45) is 5.92 Å². The average molecular weight is 200 g/mol. The first-order chi connectivity index (χ1) is 6.60. The Morgan fingerprint density at radius 3 is 2.71 bits per heavy atom. The highest BCUT2D eigenvalue weighted by Gasteiger charge is 2.34. The van der Waals surface area contributed by atoms with E-state index in [0.717, 1.165) is 6.42 Å². The van der Waals surface area contributed by atoms with Gasteiger partial charge in [0.2, 0.25) is 5.91 Å². The van der Waals surface area contributed by atoms with Crippen molar-refractivity contribution < 1.29 is 9.90 Å². The first-order valence-corrected chi connectivity index (χ1v) is 5.24. The van der Waals surface area contributed by atoms with Crippen LogP contribution < -0.4 is 0 Å². The Labute approximate surface area is 85.5 Å². The molecule has 1 heterocycles. The van der Waals surface area contributed by atoms with Gasteiger partial charge in [0.15, 0.2) is 0 Å². The van der Waals surface area contributed by atoms with E-state index in [4.69, 9.17) is 5.11 Å². The van der Waals surface area contributed by atoms with E-state index in [1.807, 2.05) is 19.0 Å². The lowest BCUT2D eigenvalue weighted by Gasteiger charge is -2.29. The van der Waals surface area contributed by atoms with Crippen LogP contribution in [0.1, 0.15) is 26.7 Å². The number of hydrogen-bond acceptors (Lipinski definition) is 3. The van der Waals surface area contributed by atoms with E-state index in [0.29, 0.717) is 19.0 Å². The number of carbonyl (C=O) groups is 1. The first-order valence-electron chi connectivity index (χ1n) is 5.24. The van der Waals surface area contributed by atoms with Gasteiger partial charge in [-0.25, -0.2) is 5.01 Å². The molecule has 0 bridgehead atoms. The number of amides is 1. The molecule has 0 saturated carbocycles. The second-order valence-corrected chi connectivity index (χ2v) is 4.10. The second kappa shape index (κ2) is 4.75. The second-order valence-electron chi connectivity index (χ2n) is 4.10. The average Bonchev–Trinajstić information content (AvgIpc) is 2.44. The molecule has 1 aliphatic heterocycles. The lowest BCUT2D eigenvalue weighted by molar-refractivity contribution is -0.138. The van der Waals surface area contributed by atoms with E-state index in [1.54, 1.807) is 5.01 Å².